The van der Waals surface area contributed by atoms with Crippen LogP contribution in [0.5, 0.6) is 11.5 Å². The Bertz CT molecular complexity index is 886. The molecule has 1 aromatic carbocycles. The largest absolute Gasteiger partial charge is 0.486 e. The molecule has 1 spiro atoms. The van der Waals surface area contributed by atoms with Crippen LogP contribution >= 0.6 is 0 Å². The highest BCUT2D eigenvalue weighted by Crippen LogP contribution is 2.38. The molecule has 4 amide bonds. The summed E-state index contributed by atoms with van der Waals surface area (Å²) in [6.45, 7) is 6.73. The second-order valence-electron chi connectivity index (χ2n) is 9.13. The summed E-state index contributed by atoms with van der Waals surface area (Å²) in [4.78, 5) is 39.6. The number of hydrogen-bond donors (Lipinski definition) is 2. The molecule has 3 atom stereocenters. The van der Waals surface area contributed by atoms with Gasteiger partial charge in [-0.1, -0.05) is 39.7 Å². The van der Waals surface area contributed by atoms with Crippen LogP contribution in [-0.4, -0.2) is 48.0 Å². The highest BCUT2D eigenvalue weighted by atomic mass is 16.6. The molecule has 4 rings (SSSR count). The van der Waals surface area contributed by atoms with Gasteiger partial charge in [-0.05, 0) is 42.4 Å². The Balaban J connectivity index is 1.46. The van der Waals surface area contributed by atoms with Crippen molar-refractivity contribution in [1.29, 1.82) is 0 Å². The number of fused-ring (bicyclic) bond motifs is 1. The summed E-state index contributed by atoms with van der Waals surface area (Å²) < 4.78 is 11.2. The predicted octanol–water partition coefficient (Wildman–Crippen LogP) is 2.77. The average molecular weight is 430 g/mol. The van der Waals surface area contributed by atoms with Crippen molar-refractivity contribution < 1.29 is 23.9 Å². The highest BCUT2D eigenvalue weighted by Gasteiger charge is 2.55. The van der Waals surface area contributed by atoms with E-state index in [-0.39, 0.29) is 36.2 Å². The molecule has 2 heterocycles. The number of imide groups is 1. The minimum absolute atomic E-state index is 0.0619. The number of benzene rings is 1. The van der Waals surface area contributed by atoms with Gasteiger partial charge in [-0.25, -0.2) is 4.79 Å². The Morgan fingerprint density at radius 1 is 1.23 bits per heavy atom. The molecule has 2 fully saturated rings. The van der Waals surface area contributed by atoms with Crippen molar-refractivity contribution in [2.24, 2.45) is 11.8 Å². The van der Waals surface area contributed by atoms with Gasteiger partial charge in [-0.15, -0.1) is 0 Å². The van der Waals surface area contributed by atoms with Crippen LogP contribution in [-0.2, 0) is 9.59 Å². The normalized spacial score (nSPS) is 26.2. The Morgan fingerprint density at radius 2 is 1.97 bits per heavy atom. The number of nitrogens with one attached hydrogen (secondary N) is 2. The molecule has 168 valence electrons. The zero-order valence-corrected chi connectivity index (χ0v) is 18.4. The van der Waals surface area contributed by atoms with Crippen LogP contribution in [0.2, 0.25) is 0 Å². The first-order valence-electron chi connectivity index (χ1n) is 11.1. The van der Waals surface area contributed by atoms with E-state index in [4.69, 9.17) is 9.47 Å². The first-order valence-corrected chi connectivity index (χ1v) is 11.1. The van der Waals surface area contributed by atoms with Crippen LogP contribution in [0, 0.1) is 11.8 Å². The van der Waals surface area contributed by atoms with Crippen molar-refractivity contribution >= 4 is 17.8 Å². The van der Waals surface area contributed by atoms with E-state index in [0.717, 1.165) is 29.7 Å². The fourth-order valence-corrected chi connectivity index (χ4v) is 4.89. The summed E-state index contributed by atoms with van der Waals surface area (Å²) in [5.41, 5.74) is 0.0327. The molecule has 0 aromatic heterocycles. The molecular weight excluding hydrogens is 398 g/mol. The maximum atomic E-state index is 13.1. The topological polar surface area (TPSA) is 97.0 Å². The van der Waals surface area contributed by atoms with Gasteiger partial charge in [0.15, 0.2) is 11.5 Å². The molecule has 1 aliphatic carbocycles. The van der Waals surface area contributed by atoms with Crippen molar-refractivity contribution in [2.45, 2.75) is 58.0 Å². The third-order valence-corrected chi connectivity index (χ3v) is 6.71. The van der Waals surface area contributed by atoms with Gasteiger partial charge in [0.05, 0.1) is 6.04 Å². The van der Waals surface area contributed by atoms with E-state index in [2.05, 4.69) is 10.6 Å². The van der Waals surface area contributed by atoms with Crippen LogP contribution in [0.4, 0.5) is 4.79 Å². The lowest BCUT2D eigenvalue weighted by Gasteiger charge is -2.36. The van der Waals surface area contributed by atoms with Gasteiger partial charge in [0, 0.05) is 0 Å². The smallest absolute Gasteiger partial charge is 0.325 e. The van der Waals surface area contributed by atoms with E-state index >= 15 is 0 Å². The van der Waals surface area contributed by atoms with E-state index < -0.39 is 11.6 Å². The van der Waals surface area contributed by atoms with Crippen LogP contribution in [0.25, 0.3) is 0 Å². The standard InChI is InChI=1S/C23H31N3O5/c1-14(2)20(16-7-8-17-18(12-16)31-11-10-30-17)24-19(27)13-26-21(28)23(25-22(26)29)9-5-4-6-15(23)3/h7-8,12,14-15,20H,4-6,9-11,13H2,1-3H3,(H,24,27)(H,25,29)/t15-,20+,23+/m0/s1. The molecule has 0 radical (unpaired) electrons. The van der Waals surface area contributed by atoms with Gasteiger partial charge in [-0.3, -0.25) is 14.5 Å². The molecule has 2 aliphatic heterocycles. The summed E-state index contributed by atoms with van der Waals surface area (Å²) in [5.74, 6) is 0.866. The molecule has 31 heavy (non-hydrogen) atoms. The third-order valence-electron chi connectivity index (χ3n) is 6.71. The Morgan fingerprint density at radius 3 is 2.68 bits per heavy atom. The maximum Gasteiger partial charge on any atom is 0.325 e. The second-order valence-corrected chi connectivity index (χ2v) is 9.13. The van der Waals surface area contributed by atoms with Crippen molar-refractivity contribution in [1.82, 2.24) is 15.5 Å². The lowest BCUT2D eigenvalue weighted by Crippen LogP contribution is -2.54. The van der Waals surface area contributed by atoms with Crippen molar-refractivity contribution in [3.05, 3.63) is 23.8 Å². The van der Waals surface area contributed by atoms with Crippen LogP contribution < -0.4 is 20.1 Å². The van der Waals surface area contributed by atoms with E-state index in [1.807, 2.05) is 39.0 Å². The number of ether oxygens (including phenoxy) is 2. The lowest BCUT2D eigenvalue weighted by molar-refractivity contribution is -0.137. The van der Waals surface area contributed by atoms with E-state index in [9.17, 15) is 14.4 Å². The molecule has 8 nitrogen and oxygen atoms in total. The van der Waals surface area contributed by atoms with Crippen LogP contribution in [0.15, 0.2) is 18.2 Å². The van der Waals surface area contributed by atoms with Crippen molar-refractivity contribution in [2.75, 3.05) is 19.8 Å². The molecule has 1 aromatic rings. The van der Waals surface area contributed by atoms with Crippen LogP contribution in [0.1, 0.15) is 58.1 Å². The van der Waals surface area contributed by atoms with Crippen molar-refractivity contribution in [3.63, 3.8) is 0 Å². The monoisotopic (exact) mass is 429 g/mol. The summed E-state index contributed by atoms with van der Waals surface area (Å²) in [6.07, 6.45) is 3.47. The molecule has 1 saturated heterocycles. The number of urea groups is 1. The number of amides is 4. The number of carbonyl (C=O) groups is 3. The number of carbonyl (C=O) groups excluding carboxylic acids is 3. The predicted molar refractivity (Wildman–Crippen MR) is 114 cm³/mol. The first kappa shape index (κ1) is 21.5. The summed E-state index contributed by atoms with van der Waals surface area (Å²) in [5, 5.41) is 5.89. The lowest BCUT2D eigenvalue weighted by atomic mass is 9.73. The molecule has 0 unspecified atom stereocenters. The molecule has 8 heteroatoms. The second kappa shape index (κ2) is 8.40. The minimum Gasteiger partial charge on any atom is -0.486 e. The Hall–Kier alpha value is -2.77. The van der Waals surface area contributed by atoms with Gasteiger partial charge >= 0.3 is 6.03 Å². The molecule has 1 saturated carbocycles. The highest BCUT2D eigenvalue weighted by molar-refractivity contribution is 6.09. The van der Waals surface area contributed by atoms with Gasteiger partial charge in [-0.2, -0.15) is 0 Å². The molecule has 3 aliphatic rings. The van der Waals surface area contributed by atoms with Gasteiger partial charge in [0.2, 0.25) is 5.91 Å². The Kier molecular flexibility index (Phi) is 5.81. The van der Waals surface area contributed by atoms with Crippen LogP contribution in [0.3, 0.4) is 0 Å². The molecule has 2 N–H and O–H groups in total. The van der Waals surface area contributed by atoms with Gasteiger partial charge in [0.25, 0.3) is 5.91 Å². The number of nitrogens with zero attached hydrogens (tertiary/aromatic N) is 1. The van der Waals surface area contributed by atoms with Gasteiger partial charge < -0.3 is 20.1 Å². The zero-order chi connectivity index (χ0) is 22.2. The van der Waals surface area contributed by atoms with E-state index in [1.165, 1.54) is 0 Å². The summed E-state index contributed by atoms with van der Waals surface area (Å²) >= 11 is 0. The van der Waals surface area contributed by atoms with E-state index in [0.29, 0.717) is 31.1 Å². The average Bonchev–Trinajstić information content (AvgIpc) is 2.98. The molecule has 0 bridgehead atoms. The summed E-state index contributed by atoms with van der Waals surface area (Å²) in [7, 11) is 0. The quantitative estimate of drug-likeness (QED) is 0.702. The van der Waals surface area contributed by atoms with E-state index in [1.54, 1.807) is 0 Å². The maximum absolute atomic E-state index is 13.1. The van der Waals surface area contributed by atoms with Gasteiger partial charge in [0.1, 0.15) is 25.3 Å². The SMILES string of the molecule is CC(C)[C@@H](NC(=O)CN1C(=O)N[C@@]2(CCCC[C@@H]2C)C1=O)c1ccc2c(c1)OCCO2. The summed E-state index contributed by atoms with van der Waals surface area (Å²) in [6, 6.07) is 4.87. The number of hydrogen-bond acceptors (Lipinski definition) is 5. The van der Waals surface area contributed by atoms with Crippen molar-refractivity contribution in [3.8, 4) is 11.5 Å². The number of rotatable bonds is 5. The minimum atomic E-state index is -0.858. The fraction of sp³-hybridized carbons (Fsp3) is 0.609. The Labute approximate surface area is 182 Å². The zero-order valence-electron chi connectivity index (χ0n) is 18.4. The third kappa shape index (κ3) is 3.95. The fourth-order valence-electron chi connectivity index (χ4n) is 4.89. The molecular formula is C23H31N3O5. The first-order chi connectivity index (χ1) is 14.8.